The van der Waals surface area contributed by atoms with Gasteiger partial charge in [0.25, 0.3) is 0 Å². The molecule has 2 aromatic rings. The molecule has 0 unspecified atom stereocenters. The molecular formula is C22H28O4. The molecule has 4 nitrogen and oxygen atoms in total. The third kappa shape index (κ3) is 5.09. The molecule has 0 atom stereocenters. The van der Waals surface area contributed by atoms with E-state index < -0.39 is 0 Å². The van der Waals surface area contributed by atoms with E-state index >= 15 is 0 Å². The number of benzene rings is 2. The molecule has 0 aliphatic heterocycles. The van der Waals surface area contributed by atoms with Gasteiger partial charge in [0.1, 0.15) is 24.4 Å². The molecule has 0 bridgehead atoms. The number of aldehydes is 1. The van der Waals surface area contributed by atoms with E-state index in [1.807, 2.05) is 58.9 Å². The van der Waals surface area contributed by atoms with Gasteiger partial charge in [-0.2, -0.15) is 0 Å². The van der Waals surface area contributed by atoms with Crippen LogP contribution in [0.25, 0.3) is 11.1 Å². The number of hydrogen-bond acceptors (Lipinski definition) is 4. The van der Waals surface area contributed by atoms with E-state index in [-0.39, 0.29) is 6.10 Å². The van der Waals surface area contributed by atoms with Crippen molar-refractivity contribution in [1.82, 2.24) is 0 Å². The second-order valence-electron chi connectivity index (χ2n) is 6.52. The van der Waals surface area contributed by atoms with Crippen LogP contribution >= 0.6 is 0 Å². The summed E-state index contributed by atoms with van der Waals surface area (Å²) in [5, 5.41) is 0. The van der Waals surface area contributed by atoms with Crippen LogP contribution < -0.4 is 9.47 Å². The molecule has 0 aromatic heterocycles. The molecule has 0 spiro atoms. The first-order valence-corrected chi connectivity index (χ1v) is 9.04. The highest BCUT2D eigenvalue weighted by molar-refractivity contribution is 5.84. The zero-order chi connectivity index (χ0) is 19.1. The van der Waals surface area contributed by atoms with Crippen molar-refractivity contribution in [2.75, 3.05) is 19.8 Å². The van der Waals surface area contributed by atoms with Crippen LogP contribution in [0.3, 0.4) is 0 Å². The molecule has 0 radical (unpaired) electrons. The molecule has 0 N–H and O–H groups in total. The van der Waals surface area contributed by atoms with Gasteiger partial charge in [0, 0.05) is 17.7 Å². The second-order valence-corrected chi connectivity index (χ2v) is 6.52. The van der Waals surface area contributed by atoms with Gasteiger partial charge in [-0.25, -0.2) is 0 Å². The lowest BCUT2D eigenvalue weighted by atomic mass is 9.93. The van der Waals surface area contributed by atoms with Crippen LogP contribution in [0.2, 0.25) is 0 Å². The van der Waals surface area contributed by atoms with Crippen LogP contribution in [0.15, 0.2) is 30.3 Å². The first-order chi connectivity index (χ1) is 12.5. The van der Waals surface area contributed by atoms with Crippen molar-refractivity contribution < 1.29 is 19.0 Å². The highest BCUT2D eigenvalue weighted by Crippen LogP contribution is 2.37. The van der Waals surface area contributed by atoms with Crippen LogP contribution in [0.1, 0.15) is 42.3 Å². The average molecular weight is 356 g/mol. The zero-order valence-corrected chi connectivity index (χ0v) is 16.3. The van der Waals surface area contributed by atoms with Gasteiger partial charge in [-0.1, -0.05) is 0 Å². The lowest BCUT2D eigenvalue weighted by Gasteiger charge is -2.19. The SMILES string of the molecule is CCOCCOc1cc(C)c(-c2cc(C=O)ccc2OC(C)C)c(C)c1. The van der Waals surface area contributed by atoms with Gasteiger partial charge in [0.2, 0.25) is 0 Å². The molecule has 140 valence electrons. The summed E-state index contributed by atoms with van der Waals surface area (Å²) in [5.74, 6) is 1.60. The fourth-order valence-corrected chi connectivity index (χ4v) is 2.97. The lowest BCUT2D eigenvalue weighted by molar-refractivity contribution is 0.110. The van der Waals surface area contributed by atoms with E-state index in [4.69, 9.17) is 14.2 Å². The van der Waals surface area contributed by atoms with E-state index in [0.29, 0.717) is 25.4 Å². The number of aryl methyl sites for hydroxylation is 2. The lowest BCUT2D eigenvalue weighted by Crippen LogP contribution is -2.08. The molecule has 4 heteroatoms. The predicted octanol–water partition coefficient (Wildman–Crippen LogP) is 4.99. The Hall–Kier alpha value is -2.33. The van der Waals surface area contributed by atoms with Crippen LogP contribution in [-0.2, 0) is 4.74 Å². The quantitative estimate of drug-likeness (QED) is 0.469. The van der Waals surface area contributed by atoms with Crippen molar-refractivity contribution in [3.05, 3.63) is 47.0 Å². The normalized spacial score (nSPS) is 10.8. The standard InChI is InChI=1S/C22H28O4/c1-6-24-9-10-25-19-11-16(4)22(17(5)12-19)20-13-18(14-23)7-8-21(20)26-15(2)3/h7-8,11-15H,6,9-10H2,1-5H3. The maximum atomic E-state index is 11.2. The van der Waals surface area contributed by atoms with Crippen LogP contribution in [0, 0.1) is 13.8 Å². The molecule has 0 heterocycles. The third-order valence-electron chi connectivity index (χ3n) is 3.98. The number of carbonyl (C=O) groups excluding carboxylic acids is 1. The highest BCUT2D eigenvalue weighted by Gasteiger charge is 2.15. The maximum absolute atomic E-state index is 11.2. The summed E-state index contributed by atoms with van der Waals surface area (Å²) >= 11 is 0. The molecular weight excluding hydrogens is 328 g/mol. The molecule has 26 heavy (non-hydrogen) atoms. The fraction of sp³-hybridized carbons (Fsp3) is 0.409. The number of rotatable bonds is 9. The molecule has 2 aromatic carbocycles. The summed E-state index contributed by atoms with van der Waals surface area (Å²) in [6.07, 6.45) is 0.913. The fourth-order valence-electron chi connectivity index (χ4n) is 2.97. The van der Waals surface area contributed by atoms with Crippen molar-refractivity contribution in [3.8, 4) is 22.6 Å². The Labute approximate surface area is 156 Å². The first kappa shape index (κ1) is 20.0. The van der Waals surface area contributed by atoms with Crippen molar-refractivity contribution in [2.24, 2.45) is 0 Å². The van der Waals surface area contributed by atoms with Crippen LogP contribution in [0.5, 0.6) is 11.5 Å². The van der Waals surface area contributed by atoms with Crippen molar-refractivity contribution in [2.45, 2.75) is 40.7 Å². The van der Waals surface area contributed by atoms with Gasteiger partial charge >= 0.3 is 0 Å². The van der Waals surface area contributed by atoms with Gasteiger partial charge in [-0.15, -0.1) is 0 Å². The molecule has 0 aliphatic carbocycles. The largest absolute Gasteiger partial charge is 0.491 e. The van der Waals surface area contributed by atoms with Crippen LogP contribution in [-0.4, -0.2) is 32.2 Å². The minimum Gasteiger partial charge on any atom is -0.491 e. The summed E-state index contributed by atoms with van der Waals surface area (Å²) in [7, 11) is 0. The predicted molar refractivity (Wildman–Crippen MR) is 104 cm³/mol. The Morgan fingerprint density at radius 2 is 1.73 bits per heavy atom. The summed E-state index contributed by atoms with van der Waals surface area (Å²) in [6, 6.07) is 9.56. The van der Waals surface area contributed by atoms with Crippen molar-refractivity contribution in [1.29, 1.82) is 0 Å². The summed E-state index contributed by atoms with van der Waals surface area (Å²) in [6.45, 7) is 11.8. The van der Waals surface area contributed by atoms with Crippen molar-refractivity contribution >= 4 is 6.29 Å². The third-order valence-corrected chi connectivity index (χ3v) is 3.98. The maximum Gasteiger partial charge on any atom is 0.150 e. The highest BCUT2D eigenvalue weighted by atomic mass is 16.5. The van der Waals surface area contributed by atoms with Crippen molar-refractivity contribution in [3.63, 3.8) is 0 Å². The minimum atomic E-state index is 0.0533. The average Bonchev–Trinajstić information content (AvgIpc) is 2.59. The van der Waals surface area contributed by atoms with E-state index in [2.05, 4.69) is 0 Å². The number of ether oxygens (including phenoxy) is 3. The number of hydrogen-bond donors (Lipinski definition) is 0. The molecule has 0 aliphatic rings. The summed E-state index contributed by atoms with van der Waals surface area (Å²) in [5.41, 5.74) is 4.79. The van der Waals surface area contributed by atoms with Gasteiger partial charge in [0.05, 0.1) is 12.7 Å². The van der Waals surface area contributed by atoms with E-state index in [1.54, 1.807) is 6.07 Å². The van der Waals surface area contributed by atoms with E-state index in [9.17, 15) is 4.79 Å². The Kier molecular flexibility index (Phi) is 7.22. The molecule has 0 saturated carbocycles. The smallest absolute Gasteiger partial charge is 0.150 e. The second kappa shape index (κ2) is 9.39. The monoisotopic (exact) mass is 356 g/mol. The van der Waals surface area contributed by atoms with Gasteiger partial charge in [-0.05, 0) is 81.6 Å². The molecule has 2 rings (SSSR count). The summed E-state index contributed by atoms with van der Waals surface area (Å²) < 4.78 is 17.1. The number of carbonyl (C=O) groups is 1. The Morgan fingerprint density at radius 1 is 1.04 bits per heavy atom. The Morgan fingerprint density at radius 3 is 2.31 bits per heavy atom. The van der Waals surface area contributed by atoms with E-state index in [1.165, 1.54) is 0 Å². The zero-order valence-electron chi connectivity index (χ0n) is 16.3. The van der Waals surface area contributed by atoms with E-state index in [0.717, 1.165) is 40.0 Å². The first-order valence-electron chi connectivity index (χ1n) is 9.04. The van der Waals surface area contributed by atoms with Gasteiger partial charge < -0.3 is 14.2 Å². The summed E-state index contributed by atoms with van der Waals surface area (Å²) in [4.78, 5) is 11.2. The Bertz CT molecular complexity index is 727. The van der Waals surface area contributed by atoms with Gasteiger partial charge in [0.15, 0.2) is 0 Å². The molecule has 0 saturated heterocycles. The Balaban J connectivity index is 2.40. The minimum absolute atomic E-state index is 0.0533. The topological polar surface area (TPSA) is 44.8 Å². The molecule has 0 fully saturated rings. The molecule has 0 amide bonds. The van der Waals surface area contributed by atoms with Gasteiger partial charge in [-0.3, -0.25) is 4.79 Å². The van der Waals surface area contributed by atoms with Crippen LogP contribution in [0.4, 0.5) is 0 Å².